The summed E-state index contributed by atoms with van der Waals surface area (Å²) in [5, 5.41) is 15.6. The number of urea groups is 1. The number of methoxy groups -OCH3 is 1. The number of aliphatic imine (C=N–C) groups is 2. The Balaban J connectivity index is 1.54. The molecule has 0 spiro atoms. The maximum atomic E-state index is 13.5. The van der Waals surface area contributed by atoms with Gasteiger partial charge in [-0.1, -0.05) is 76.2 Å². The van der Waals surface area contributed by atoms with Crippen LogP contribution in [0.5, 0.6) is 11.5 Å². The predicted molar refractivity (Wildman–Crippen MR) is 196 cm³/mol. The Hall–Kier alpha value is -4.28. The van der Waals surface area contributed by atoms with Gasteiger partial charge in [-0.15, -0.1) is 0 Å². The minimum atomic E-state index is -0.389. The van der Waals surface area contributed by atoms with Crippen LogP contribution in [-0.4, -0.2) is 49.4 Å². The molecular weight excluding hydrogens is 597 g/mol. The van der Waals surface area contributed by atoms with Gasteiger partial charge in [0.1, 0.15) is 5.75 Å². The topological polar surface area (TPSA) is 108 Å². The number of thioether (sulfide) groups is 1. The molecule has 0 aromatic heterocycles. The average molecular weight is 643 g/mol. The van der Waals surface area contributed by atoms with Gasteiger partial charge in [0.2, 0.25) is 0 Å². The highest BCUT2D eigenvalue weighted by atomic mass is 32.2. The number of unbranched alkanes of at least 4 members (excludes halogenated alkanes) is 1. The fourth-order valence-electron chi connectivity index (χ4n) is 4.83. The average Bonchev–Trinajstić information content (AvgIpc) is 3.48. The van der Waals surface area contributed by atoms with Gasteiger partial charge < -0.3 is 30.7 Å². The molecule has 0 saturated heterocycles. The zero-order valence-electron chi connectivity index (χ0n) is 27.6. The van der Waals surface area contributed by atoms with E-state index >= 15 is 0 Å². The molecule has 3 aromatic rings. The Morgan fingerprint density at radius 1 is 1.09 bits per heavy atom. The molecule has 1 aliphatic heterocycles. The third kappa shape index (κ3) is 9.61. The highest BCUT2D eigenvalue weighted by Gasteiger charge is 2.24. The van der Waals surface area contributed by atoms with Gasteiger partial charge in [-0.05, 0) is 61.2 Å². The molecule has 1 unspecified atom stereocenters. The molecule has 1 heterocycles. The minimum absolute atomic E-state index is 0.176. The summed E-state index contributed by atoms with van der Waals surface area (Å²) >= 11 is 1.69. The quantitative estimate of drug-likeness (QED) is 0.0845. The Kier molecular flexibility index (Phi) is 12.7. The lowest BCUT2D eigenvalue weighted by molar-refractivity contribution is 0.262. The number of allylic oxidation sites excluding steroid dienone is 2. The molecule has 0 radical (unpaired) electrons. The Morgan fingerprint density at radius 3 is 2.59 bits per heavy atom. The number of hydrogen-bond donors (Lipinski definition) is 4. The van der Waals surface area contributed by atoms with E-state index in [1.165, 1.54) is 6.42 Å². The van der Waals surface area contributed by atoms with Gasteiger partial charge in [0.25, 0.3) is 0 Å². The summed E-state index contributed by atoms with van der Waals surface area (Å²) in [7, 11) is 1.61. The van der Waals surface area contributed by atoms with Crippen LogP contribution in [0.1, 0.15) is 53.0 Å². The number of nitrogens with one attached hydrogen (secondary N) is 4. The Labute approximate surface area is 277 Å². The van der Waals surface area contributed by atoms with E-state index in [1.807, 2.05) is 55.5 Å². The zero-order chi connectivity index (χ0) is 32.9. The van der Waals surface area contributed by atoms with Crippen LogP contribution in [0.2, 0.25) is 0 Å². The molecule has 0 fully saturated rings. The highest BCUT2D eigenvalue weighted by molar-refractivity contribution is 8.14. The van der Waals surface area contributed by atoms with Crippen LogP contribution in [0.4, 0.5) is 21.9 Å². The summed E-state index contributed by atoms with van der Waals surface area (Å²) in [5.74, 6) is 2.11. The first-order valence-electron chi connectivity index (χ1n) is 15.7. The number of carbonyl (C=O) groups excluding carboxylic acids is 1. The molecule has 1 aliphatic rings. The van der Waals surface area contributed by atoms with E-state index in [4.69, 9.17) is 14.5 Å². The molecule has 4 rings (SSSR count). The van der Waals surface area contributed by atoms with E-state index in [9.17, 15) is 4.79 Å². The van der Waals surface area contributed by atoms with Crippen molar-refractivity contribution in [2.75, 3.05) is 41.9 Å². The summed E-state index contributed by atoms with van der Waals surface area (Å²) in [4.78, 5) is 22.5. The summed E-state index contributed by atoms with van der Waals surface area (Å²) in [6.45, 7) is 12.4. The second kappa shape index (κ2) is 16.9. The van der Waals surface area contributed by atoms with Crippen LogP contribution < -0.4 is 30.7 Å². The summed E-state index contributed by atoms with van der Waals surface area (Å²) in [6, 6.07) is 15.3. The van der Waals surface area contributed by atoms with Crippen LogP contribution in [-0.2, 0) is 5.41 Å². The van der Waals surface area contributed by atoms with E-state index in [0.717, 1.165) is 52.5 Å². The fourth-order valence-corrected chi connectivity index (χ4v) is 5.78. The molecule has 4 N–H and O–H groups in total. The lowest BCUT2D eigenvalue weighted by Crippen LogP contribution is -2.26. The van der Waals surface area contributed by atoms with Gasteiger partial charge >= 0.3 is 6.03 Å². The second-order valence-corrected chi connectivity index (χ2v) is 12.9. The van der Waals surface area contributed by atoms with E-state index < -0.39 is 0 Å². The van der Waals surface area contributed by atoms with Gasteiger partial charge in [0, 0.05) is 35.5 Å². The number of amides is 2. The minimum Gasteiger partial charge on any atom is -0.492 e. The van der Waals surface area contributed by atoms with Crippen molar-refractivity contribution in [3.8, 4) is 11.5 Å². The predicted octanol–water partition coefficient (Wildman–Crippen LogP) is 8.56. The number of nitrogens with zero attached hydrogens (tertiary/aromatic N) is 2. The third-order valence-electron chi connectivity index (χ3n) is 7.26. The monoisotopic (exact) mass is 642 g/mol. The van der Waals surface area contributed by atoms with Gasteiger partial charge in [-0.3, -0.25) is 9.98 Å². The fraction of sp³-hybridized carbons (Fsp3) is 0.361. The largest absolute Gasteiger partial charge is 0.492 e. The summed E-state index contributed by atoms with van der Waals surface area (Å²) in [5.41, 5.74) is 2.84. The first kappa shape index (κ1) is 34.6. The van der Waals surface area contributed by atoms with Crippen molar-refractivity contribution in [3.05, 3.63) is 78.7 Å². The normalized spacial score (nSPS) is 15.2. The number of rotatable bonds is 13. The molecule has 9 nitrogen and oxygen atoms in total. The van der Waals surface area contributed by atoms with Crippen molar-refractivity contribution >= 4 is 57.0 Å². The number of fused-ring (bicyclic) bond motifs is 1. The van der Waals surface area contributed by atoms with Crippen molar-refractivity contribution < 1.29 is 14.3 Å². The number of hydrogen-bond acceptors (Lipinski definition) is 8. The molecule has 0 bridgehead atoms. The van der Waals surface area contributed by atoms with Gasteiger partial charge in [-0.25, -0.2) is 4.79 Å². The van der Waals surface area contributed by atoms with Crippen LogP contribution in [0.15, 0.2) is 83.1 Å². The Morgan fingerprint density at radius 2 is 1.85 bits per heavy atom. The van der Waals surface area contributed by atoms with Crippen molar-refractivity contribution in [1.82, 2.24) is 5.32 Å². The molecule has 10 heteroatoms. The smallest absolute Gasteiger partial charge is 0.323 e. The number of benzene rings is 3. The van der Waals surface area contributed by atoms with E-state index in [-0.39, 0.29) is 17.5 Å². The number of anilines is 3. The molecule has 0 aliphatic carbocycles. The summed E-state index contributed by atoms with van der Waals surface area (Å²) < 4.78 is 11.7. The van der Waals surface area contributed by atoms with Crippen LogP contribution in [0.25, 0.3) is 10.8 Å². The molecular formula is C36H46N6O3S. The molecule has 46 heavy (non-hydrogen) atoms. The third-order valence-corrected chi connectivity index (χ3v) is 8.29. The van der Waals surface area contributed by atoms with Crippen LogP contribution in [0, 0.1) is 0 Å². The number of carbonyl (C=O) groups is 1. The van der Waals surface area contributed by atoms with E-state index in [2.05, 4.69) is 60.0 Å². The Bertz CT molecular complexity index is 1610. The SMILES string of the molecule is C\C=C/N=C/C=C/Oc1ccc(NC(=O)Nc2cc(C(C)(C)C)cc(NC3=NC(CNCCCC)CS3)c2OC)c2ccccc12. The lowest BCUT2D eigenvalue weighted by atomic mass is 9.86. The maximum absolute atomic E-state index is 13.5. The van der Waals surface area contributed by atoms with Crippen molar-refractivity contribution in [2.24, 2.45) is 9.98 Å². The molecule has 3 aromatic carbocycles. The van der Waals surface area contributed by atoms with Crippen LogP contribution in [0.3, 0.4) is 0 Å². The standard InChI is InChI=1S/C36H46N6O3S/c1-7-9-18-38-23-26-24-46-35(39-26)42-31-22-25(36(3,4)5)21-30(33(31)44-6)41-34(43)40-29-15-16-32(28-14-11-10-13-27(28)29)45-20-12-19-37-17-8-2/h8,10-17,19-22,26,38H,7,9,18,23-24H2,1-6H3,(H,39,42)(H2,40,41,43)/b17-8-,20-12+,37-19+. The summed E-state index contributed by atoms with van der Waals surface area (Å²) in [6.07, 6.45) is 10.8. The first-order chi connectivity index (χ1) is 22.2. The van der Waals surface area contributed by atoms with E-state index in [1.54, 1.807) is 43.6 Å². The van der Waals surface area contributed by atoms with Gasteiger partial charge in [0.15, 0.2) is 10.9 Å². The first-order valence-corrected chi connectivity index (χ1v) is 16.7. The maximum Gasteiger partial charge on any atom is 0.323 e. The van der Waals surface area contributed by atoms with E-state index in [0.29, 0.717) is 22.9 Å². The van der Waals surface area contributed by atoms with Crippen LogP contribution >= 0.6 is 11.8 Å². The van der Waals surface area contributed by atoms with Crippen molar-refractivity contribution in [1.29, 1.82) is 0 Å². The lowest BCUT2D eigenvalue weighted by Gasteiger charge is -2.24. The van der Waals surface area contributed by atoms with Crippen molar-refractivity contribution in [3.63, 3.8) is 0 Å². The molecule has 244 valence electrons. The molecule has 1 atom stereocenters. The molecule has 2 amide bonds. The number of amidine groups is 1. The zero-order valence-corrected chi connectivity index (χ0v) is 28.5. The van der Waals surface area contributed by atoms with Gasteiger partial charge in [0.05, 0.1) is 36.5 Å². The second-order valence-electron chi connectivity index (χ2n) is 11.9. The highest BCUT2D eigenvalue weighted by Crippen LogP contribution is 2.40. The van der Waals surface area contributed by atoms with Crippen molar-refractivity contribution in [2.45, 2.75) is 58.9 Å². The molecule has 0 saturated carbocycles. The van der Waals surface area contributed by atoms with Gasteiger partial charge in [-0.2, -0.15) is 0 Å². The number of ether oxygens (including phenoxy) is 2.